The molecule has 15 heavy (non-hydrogen) atoms. The minimum atomic E-state index is -0.308. The molecule has 0 bridgehead atoms. The monoisotopic (exact) mass is 207 g/mol. The summed E-state index contributed by atoms with van der Waals surface area (Å²) < 4.78 is 2.57. The lowest BCUT2D eigenvalue weighted by molar-refractivity contribution is 0.709. The Morgan fingerprint density at radius 3 is 2.53 bits per heavy atom. The maximum Gasteiger partial charge on any atom is 0.332 e. The van der Waals surface area contributed by atoms with Gasteiger partial charge in [-0.25, -0.2) is 4.79 Å². The molecule has 0 aromatic carbocycles. The van der Waals surface area contributed by atoms with Gasteiger partial charge in [0, 0.05) is 19.8 Å². The molecule has 0 aliphatic heterocycles. The third kappa shape index (κ3) is 1.23. The summed E-state index contributed by atoms with van der Waals surface area (Å²) in [5.41, 5.74) is 1.00. The molecule has 5 heteroatoms. The van der Waals surface area contributed by atoms with E-state index in [1.165, 1.54) is 11.6 Å². The molecular formula is C10H13N3O2. The first-order chi connectivity index (χ1) is 7.06. The van der Waals surface area contributed by atoms with Crippen molar-refractivity contribution in [2.24, 2.45) is 14.1 Å². The van der Waals surface area contributed by atoms with Crippen LogP contribution in [-0.4, -0.2) is 14.1 Å². The summed E-state index contributed by atoms with van der Waals surface area (Å²) in [6.07, 6.45) is 0.812. The van der Waals surface area contributed by atoms with Crippen LogP contribution in [0.4, 0.5) is 0 Å². The number of hydrogen-bond acceptors (Lipinski definition) is 2. The van der Waals surface area contributed by atoms with E-state index in [4.69, 9.17) is 0 Å². The van der Waals surface area contributed by atoms with Crippen molar-refractivity contribution in [1.29, 1.82) is 0 Å². The van der Waals surface area contributed by atoms with Gasteiger partial charge < -0.3 is 4.98 Å². The first kappa shape index (κ1) is 9.76. The highest BCUT2D eigenvalue weighted by Gasteiger charge is 2.10. The molecule has 5 nitrogen and oxygen atoms in total. The van der Waals surface area contributed by atoms with Crippen LogP contribution < -0.4 is 11.2 Å². The van der Waals surface area contributed by atoms with Crippen molar-refractivity contribution in [3.63, 3.8) is 0 Å². The maximum atomic E-state index is 11.8. The second kappa shape index (κ2) is 3.12. The molecule has 2 aromatic rings. The average Bonchev–Trinajstić information content (AvgIpc) is 2.67. The zero-order chi connectivity index (χ0) is 11.2. The second-order valence-electron chi connectivity index (χ2n) is 3.62. The first-order valence-electron chi connectivity index (χ1n) is 4.84. The molecule has 2 heterocycles. The Morgan fingerprint density at radius 2 is 1.93 bits per heavy atom. The van der Waals surface area contributed by atoms with Gasteiger partial charge >= 0.3 is 5.69 Å². The number of nitrogens with zero attached hydrogens (tertiary/aromatic N) is 2. The molecule has 0 fully saturated rings. The quantitative estimate of drug-likeness (QED) is 0.722. The lowest BCUT2D eigenvalue weighted by Gasteiger charge is -2.02. The molecule has 0 atom stereocenters. The minimum absolute atomic E-state index is 0.246. The second-order valence-corrected chi connectivity index (χ2v) is 3.62. The Morgan fingerprint density at radius 1 is 1.27 bits per heavy atom. The van der Waals surface area contributed by atoms with Crippen molar-refractivity contribution in [3.8, 4) is 0 Å². The van der Waals surface area contributed by atoms with Gasteiger partial charge in [0.25, 0.3) is 5.56 Å². The van der Waals surface area contributed by atoms with E-state index in [1.807, 2.05) is 6.92 Å². The molecule has 2 aromatic heterocycles. The van der Waals surface area contributed by atoms with E-state index in [2.05, 4.69) is 4.98 Å². The van der Waals surface area contributed by atoms with E-state index < -0.39 is 0 Å². The topological polar surface area (TPSA) is 59.8 Å². The maximum absolute atomic E-state index is 11.8. The van der Waals surface area contributed by atoms with Crippen molar-refractivity contribution in [3.05, 3.63) is 32.6 Å². The van der Waals surface area contributed by atoms with Crippen LogP contribution in [0.3, 0.4) is 0 Å². The van der Waals surface area contributed by atoms with Crippen LogP contribution in [0.5, 0.6) is 0 Å². The summed E-state index contributed by atoms with van der Waals surface area (Å²) >= 11 is 0. The number of aromatic nitrogens is 3. The molecule has 2 rings (SSSR count). The third-order valence-electron chi connectivity index (χ3n) is 2.68. The number of aromatic amines is 1. The Bertz CT molecular complexity index is 630. The Balaban J connectivity index is 3.04. The molecule has 0 amide bonds. The zero-order valence-corrected chi connectivity index (χ0v) is 9.00. The van der Waals surface area contributed by atoms with Gasteiger partial charge in [-0.05, 0) is 12.5 Å². The summed E-state index contributed by atoms with van der Waals surface area (Å²) in [6.45, 7) is 1.99. The third-order valence-corrected chi connectivity index (χ3v) is 2.68. The lowest BCUT2D eigenvalue weighted by Crippen LogP contribution is -2.36. The van der Waals surface area contributed by atoms with Gasteiger partial charge in [0.1, 0.15) is 5.65 Å². The van der Waals surface area contributed by atoms with Crippen molar-refractivity contribution in [2.75, 3.05) is 0 Å². The highest BCUT2D eigenvalue weighted by molar-refractivity contribution is 5.75. The number of rotatable bonds is 1. The molecule has 80 valence electrons. The van der Waals surface area contributed by atoms with E-state index in [0.717, 1.165) is 16.7 Å². The number of fused-ring (bicyclic) bond motifs is 1. The summed E-state index contributed by atoms with van der Waals surface area (Å²) in [4.78, 5) is 26.4. The van der Waals surface area contributed by atoms with Gasteiger partial charge in [0.15, 0.2) is 0 Å². The number of nitrogens with one attached hydrogen (secondary N) is 1. The smallest absolute Gasteiger partial charge is 0.332 e. The molecule has 0 aliphatic rings. The summed E-state index contributed by atoms with van der Waals surface area (Å²) in [5.74, 6) is 0. The largest absolute Gasteiger partial charge is 0.344 e. The molecule has 0 aliphatic carbocycles. The zero-order valence-electron chi connectivity index (χ0n) is 9.00. The number of H-pyrrole nitrogens is 1. The summed E-state index contributed by atoms with van der Waals surface area (Å²) in [7, 11) is 3.14. The number of aryl methyl sites for hydroxylation is 2. The average molecular weight is 207 g/mol. The van der Waals surface area contributed by atoms with Gasteiger partial charge in [-0.3, -0.25) is 13.9 Å². The fraction of sp³-hybridized carbons (Fsp3) is 0.400. The van der Waals surface area contributed by atoms with E-state index in [0.29, 0.717) is 11.0 Å². The highest BCUT2D eigenvalue weighted by Crippen LogP contribution is 2.08. The van der Waals surface area contributed by atoms with Crippen LogP contribution in [0.25, 0.3) is 11.0 Å². The number of hydrogen-bond donors (Lipinski definition) is 1. The van der Waals surface area contributed by atoms with E-state index >= 15 is 0 Å². The molecule has 0 unspecified atom stereocenters. The molecule has 0 saturated carbocycles. The van der Waals surface area contributed by atoms with Crippen LogP contribution in [0, 0.1) is 0 Å². The SMILES string of the molecule is CCc1cc2c(=O)n(C)c(=O)n(C)c2[nH]1. The Kier molecular flexibility index (Phi) is 2.03. The van der Waals surface area contributed by atoms with Crippen LogP contribution in [-0.2, 0) is 20.5 Å². The highest BCUT2D eigenvalue weighted by atomic mass is 16.2. The fourth-order valence-electron chi connectivity index (χ4n) is 1.70. The Hall–Kier alpha value is -1.78. The molecule has 0 saturated heterocycles. The molecule has 0 radical (unpaired) electrons. The van der Waals surface area contributed by atoms with Crippen molar-refractivity contribution >= 4 is 11.0 Å². The molecule has 1 N–H and O–H groups in total. The van der Waals surface area contributed by atoms with Crippen LogP contribution in [0.2, 0.25) is 0 Å². The van der Waals surface area contributed by atoms with Gasteiger partial charge in [0.05, 0.1) is 5.39 Å². The summed E-state index contributed by atoms with van der Waals surface area (Å²) in [6, 6.07) is 1.80. The van der Waals surface area contributed by atoms with Crippen molar-refractivity contribution in [2.45, 2.75) is 13.3 Å². The molecule has 0 spiro atoms. The predicted octanol–water partition coefficient (Wildman–Crippen LogP) is 0.128. The minimum Gasteiger partial charge on any atom is -0.344 e. The van der Waals surface area contributed by atoms with Crippen molar-refractivity contribution in [1.82, 2.24) is 14.1 Å². The van der Waals surface area contributed by atoms with Gasteiger partial charge in [-0.15, -0.1) is 0 Å². The van der Waals surface area contributed by atoms with E-state index in [1.54, 1.807) is 13.1 Å². The Labute approximate surface area is 86.0 Å². The fourth-order valence-corrected chi connectivity index (χ4v) is 1.70. The van der Waals surface area contributed by atoms with Crippen LogP contribution in [0.15, 0.2) is 15.7 Å². The van der Waals surface area contributed by atoms with E-state index in [9.17, 15) is 9.59 Å². The van der Waals surface area contributed by atoms with Crippen LogP contribution >= 0.6 is 0 Å². The normalized spacial score (nSPS) is 11.1. The molecular weight excluding hydrogens is 194 g/mol. The lowest BCUT2D eigenvalue weighted by atomic mass is 10.3. The summed E-state index contributed by atoms with van der Waals surface area (Å²) in [5, 5.41) is 0.566. The van der Waals surface area contributed by atoms with Gasteiger partial charge in [-0.1, -0.05) is 6.92 Å². The first-order valence-corrected chi connectivity index (χ1v) is 4.84. The van der Waals surface area contributed by atoms with Gasteiger partial charge in [-0.2, -0.15) is 0 Å². The van der Waals surface area contributed by atoms with Crippen LogP contribution in [0.1, 0.15) is 12.6 Å². The standard InChI is InChI=1S/C10H13N3O2/c1-4-6-5-7-8(11-6)12(2)10(15)13(3)9(7)14/h5,11H,4H2,1-3H3. The van der Waals surface area contributed by atoms with Gasteiger partial charge in [0.2, 0.25) is 0 Å². The van der Waals surface area contributed by atoms with E-state index in [-0.39, 0.29) is 11.2 Å². The predicted molar refractivity (Wildman–Crippen MR) is 58.2 cm³/mol. The van der Waals surface area contributed by atoms with Crippen molar-refractivity contribution < 1.29 is 0 Å².